The molecule has 0 aliphatic heterocycles. The first-order valence-electron chi connectivity index (χ1n) is 6.81. The van der Waals surface area contributed by atoms with Crippen LogP contribution in [0, 0.1) is 18.8 Å². The van der Waals surface area contributed by atoms with Crippen LogP contribution >= 0.6 is 0 Å². The molecule has 116 valence electrons. The fraction of sp³-hybridized carbons (Fsp3) is 0.467. The minimum absolute atomic E-state index is 0.267. The Bertz CT molecular complexity index is 628. The average molecular weight is 309 g/mol. The van der Waals surface area contributed by atoms with Gasteiger partial charge in [-0.2, -0.15) is 0 Å². The summed E-state index contributed by atoms with van der Waals surface area (Å²) in [5.41, 5.74) is 6.96. The molecule has 0 heterocycles. The van der Waals surface area contributed by atoms with E-state index in [4.69, 9.17) is 5.73 Å². The molecule has 3 N–H and O–H groups in total. The quantitative estimate of drug-likeness (QED) is 0.594. The molecule has 0 aliphatic carbocycles. The van der Waals surface area contributed by atoms with Crippen molar-refractivity contribution in [2.75, 3.05) is 33.7 Å². The van der Waals surface area contributed by atoms with Gasteiger partial charge in [-0.3, -0.25) is 0 Å². The molecule has 0 saturated carbocycles. The second-order valence-corrected chi connectivity index (χ2v) is 6.80. The molecule has 21 heavy (non-hydrogen) atoms. The molecule has 0 bridgehead atoms. The summed E-state index contributed by atoms with van der Waals surface area (Å²) < 4.78 is 27.0. The number of rotatable bonds is 6. The van der Waals surface area contributed by atoms with Crippen molar-refractivity contribution in [3.8, 4) is 11.8 Å². The maximum Gasteiger partial charge on any atom is 0.240 e. The lowest BCUT2D eigenvalue weighted by Crippen LogP contribution is -2.27. The summed E-state index contributed by atoms with van der Waals surface area (Å²) in [6, 6.07) is 4.92. The van der Waals surface area contributed by atoms with Gasteiger partial charge in [0.05, 0.1) is 11.4 Å². The Hall–Kier alpha value is -1.39. The SMILES string of the molecule is Cc1cc(S(=O)(=O)NCCCN(C)C)ccc1C#CCN. The fourth-order valence-electron chi connectivity index (χ4n) is 1.77. The molecule has 0 amide bonds. The van der Waals surface area contributed by atoms with E-state index in [1.54, 1.807) is 18.2 Å². The molecule has 0 spiro atoms. The van der Waals surface area contributed by atoms with Crippen LogP contribution < -0.4 is 10.5 Å². The molecule has 0 saturated heterocycles. The van der Waals surface area contributed by atoms with Crippen LogP contribution in [-0.2, 0) is 10.0 Å². The van der Waals surface area contributed by atoms with E-state index < -0.39 is 10.0 Å². The Labute approximate surface area is 127 Å². The maximum atomic E-state index is 12.2. The van der Waals surface area contributed by atoms with E-state index in [9.17, 15) is 8.42 Å². The first-order valence-corrected chi connectivity index (χ1v) is 8.29. The van der Waals surface area contributed by atoms with Gasteiger partial charge in [-0.05, 0) is 57.7 Å². The lowest BCUT2D eigenvalue weighted by molar-refractivity contribution is 0.400. The van der Waals surface area contributed by atoms with Crippen LogP contribution in [0.5, 0.6) is 0 Å². The number of nitrogens with one attached hydrogen (secondary N) is 1. The highest BCUT2D eigenvalue weighted by molar-refractivity contribution is 7.89. The number of nitrogens with two attached hydrogens (primary N) is 1. The van der Waals surface area contributed by atoms with Crippen molar-refractivity contribution in [1.29, 1.82) is 0 Å². The Kier molecular flexibility index (Phi) is 6.85. The van der Waals surface area contributed by atoms with Gasteiger partial charge in [0.25, 0.3) is 0 Å². The van der Waals surface area contributed by atoms with Crippen LogP contribution in [0.2, 0.25) is 0 Å². The number of nitrogens with zero attached hydrogens (tertiary/aromatic N) is 1. The zero-order valence-corrected chi connectivity index (χ0v) is 13.6. The minimum Gasteiger partial charge on any atom is -0.320 e. The highest BCUT2D eigenvalue weighted by Crippen LogP contribution is 2.14. The van der Waals surface area contributed by atoms with E-state index in [1.165, 1.54) is 0 Å². The first-order chi connectivity index (χ1) is 9.86. The predicted octanol–water partition coefficient (Wildman–Crippen LogP) is 0.535. The van der Waals surface area contributed by atoms with Gasteiger partial charge in [0, 0.05) is 12.1 Å². The van der Waals surface area contributed by atoms with Crippen molar-refractivity contribution in [1.82, 2.24) is 9.62 Å². The van der Waals surface area contributed by atoms with E-state index in [1.807, 2.05) is 25.9 Å². The van der Waals surface area contributed by atoms with Crippen LogP contribution in [0.3, 0.4) is 0 Å². The number of hydrogen-bond acceptors (Lipinski definition) is 4. The number of aryl methyl sites for hydroxylation is 1. The predicted molar refractivity (Wildman–Crippen MR) is 85.5 cm³/mol. The van der Waals surface area contributed by atoms with Crippen molar-refractivity contribution in [2.24, 2.45) is 5.73 Å². The van der Waals surface area contributed by atoms with Gasteiger partial charge in [-0.1, -0.05) is 11.8 Å². The molecular formula is C15H23N3O2S. The van der Waals surface area contributed by atoms with Crippen molar-refractivity contribution in [2.45, 2.75) is 18.2 Å². The van der Waals surface area contributed by atoms with E-state index >= 15 is 0 Å². The van der Waals surface area contributed by atoms with Gasteiger partial charge in [0.1, 0.15) is 0 Å². The van der Waals surface area contributed by atoms with E-state index in [2.05, 4.69) is 16.6 Å². The Morgan fingerprint density at radius 3 is 2.62 bits per heavy atom. The normalized spacial score (nSPS) is 11.3. The van der Waals surface area contributed by atoms with E-state index in [0.717, 1.165) is 24.1 Å². The third kappa shape index (κ3) is 5.86. The number of hydrogen-bond donors (Lipinski definition) is 2. The lowest BCUT2D eigenvalue weighted by Gasteiger charge is -2.11. The summed E-state index contributed by atoms with van der Waals surface area (Å²) in [5.74, 6) is 5.68. The van der Waals surface area contributed by atoms with E-state index in [0.29, 0.717) is 6.54 Å². The van der Waals surface area contributed by atoms with Gasteiger partial charge in [-0.25, -0.2) is 13.1 Å². The molecule has 5 nitrogen and oxygen atoms in total. The van der Waals surface area contributed by atoms with Gasteiger partial charge >= 0.3 is 0 Å². The molecule has 1 aromatic carbocycles. The molecule has 0 fully saturated rings. The summed E-state index contributed by atoms with van der Waals surface area (Å²) in [5, 5.41) is 0. The molecule has 6 heteroatoms. The van der Waals surface area contributed by atoms with Gasteiger partial charge in [-0.15, -0.1) is 0 Å². The fourth-order valence-corrected chi connectivity index (χ4v) is 2.93. The molecule has 0 radical (unpaired) electrons. The third-order valence-electron chi connectivity index (χ3n) is 2.91. The maximum absolute atomic E-state index is 12.2. The number of sulfonamides is 1. The molecule has 0 aliphatic rings. The summed E-state index contributed by atoms with van der Waals surface area (Å²) in [7, 11) is 0.455. The van der Waals surface area contributed by atoms with Crippen molar-refractivity contribution >= 4 is 10.0 Å². The van der Waals surface area contributed by atoms with Gasteiger partial charge in [0.15, 0.2) is 0 Å². The van der Waals surface area contributed by atoms with Crippen molar-refractivity contribution in [3.05, 3.63) is 29.3 Å². The standard InChI is InChI=1S/C15H23N3O2S/c1-13-12-15(8-7-14(13)6-4-9-16)21(19,20)17-10-5-11-18(2)3/h7-8,12,17H,5,9-11,16H2,1-3H3. The van der Waals surface area contributed by atoms with Gasteiger partial charge < -0.3 is 10.6 Å². The van der Waals surface area contributed by atoms with Crippen molar-refractivity contribution < 1.29 is 8.42 Å². The molecule has 0 aromatic heterocycles. The third-order valence-corrected chi connectivity index (χ3v) is 4.37. The highest BCUT2D eigenvalue weighted by Gasteiger charge is 2.14. The molecule has 0 unspecified atom stereocenters. The van der Waals surface area contributed by atoms with Crippen LogP contribution in [0.15, 0.2) is 23.1 Å². The Morgan fingerprint density at radius 2 is 2.05 bits per heavy atom. The number of benzene rings is 1. The summed E-state index contributed by atoms with van der Waals surface area (Å²) >= 11 is 0. The van der Waals surface area contributed by atoms with Gasteiger partial charge in [0.2, 0.25) is 10.0 Å². The average Bonchev–Trinajstić information content (AvgIpc) is 2.42. The lowest BCUT2D eigenvalue weighted by atomic mass is 10.1. The second-order valence-electron chi connectivity index (χ2n) is 5.04. The minimum atomic E-state index is -3.46. The summed E-state index contributed by atoms with van der Waals surface area (Å²) in [4.78, 5) is 2.28. The van der Waals surface area contributed by atoms with Crippen LogP contribution in [-0.4, -0.2) is 47.0 Å². The topological polar surface area (TPSA) is 75.4 Å². The second kappa shape index (κ2) is 8.15. The van der Waals surface area contributed by atoms with Crippen molar-refractivity contribution in [3.63, 3.8) is 0 Å². The highest BCUT2D eigenvalue weighted by atomic mass is 32.2. The Balaban J connectivity index is 2.77. The molecule has 1 rings (SSSR count). The summed E-state index contributed by atoms with van der Waals surface area (Å²) in [6.07, 6.45) is 0.769. The zero-order chi connectivity index (χ0) is 15.9. The first kappa shape index (κ1) is 17.7. The molecule has 1 aromatic rings. The summed E-state index contributed by atoms with van der Waals surface area (Å²) in [6.45, 7) is 3.39. The monoisotopic (exact) mass is 309 g/mol. The largest absolute Gasteiger partial charge is 0.320 e. The van der Waals surface area contributed by atoms with Crippen LogP contribution in [0.25, 0.3) is 0 Å². The van der Waals surface area contributed by atoms with E-state index in [-0.39, 0.29) is 11.4 Å². The molecule has 0 atom stereocenters. The van der Waals surface area contributed by atoms with Crippen LogP contribution in [0.4, 0.5) is 0 Å². The Morgan fingerprint density at radius 1 is 1.33 bits per heavy atom. The zero-order valence-electron chi connectivity index (χ0n) is 12.8. The smallest absolute Gasteiger partial charge is 0.240 e. The van der Waals surface area contributed by atoms with Crippen LogP contribution in [0.1, 0.15) is 17.5 Å². The molecular weight excluding hydrogens is 286 g/mol.